The van der Waals surface area contributed by atoms with E-state index in [2.05, 4.69) is 16.2 Å². The fourth-order valence-electron chi connectivity index (χ4n) is 2.70. The molecule has 0 saturated heterocycles. The fraction of sp³-hybridized carbons (Fsp3) is 0.348. The van der Waals surface area contributed by atoms with E-state index < -0.39 is 11.8 Å². The molecule has 0 radical (unpaired) electrons. The zero-order valence-corrected chi connectivity index (χ0v) is 18.1. The van der Waals surface area contributed by atoms with E-state index in [1.54, 1.807) is 24.3 Å². The smallest absolute Gasteiger partial charge is 0.273 e. The highest BCUT2D eigenvalue weighted by Crippen LogP contribution is 2.18. The molecule has 0 unspecified atom stereocenters. The molecule has 8 nitrogen and oxygen atoms in total. The average molecular weight is 428 g/mol. The van der Waals surface area contributed by atoms with Gasteiger partial charge >= 0.3 is 0 Å². The summed E-state index contributed by atoms with van der Waals surface area (Å²) in [5.41, 5.74) is 7.65. The maximum absolute atomic E-state index is 12.4. The van der Waals surface area contributed by atoms with Crippen LogP contribution >= 0.6 is 0 Å². The molecule has 3 amide bonds. The van der Waals surface area contributed by atoms with E-state index >= 15 is 0 Å². The summed E-state index contributed by atoms with van der Waals surface area (Å²) in [6.45, 7) is 7.02. The first-order chi connectivity index (χ1) is 14.9. The third-order valence-electron chi connectivity index (χ3n) is 4.38. The van der Waals surface area contributed by atoms with Gasteiger partial charge in [0.05, 0.1) is 12.2 Å². The number of benzene rings is 2. The first-order valence-corrected chi connectivity index (χ1v) is 10.2. The van der Waals surface area contributed by atoms with Crippen molar-refractivity contribution in [2.45, 2.75) is 33.6 Å². The van der Waals surface area contributed by atoms with Crippen molar-refractivity contribution in [3.63, 3.8) is 0 Å². The minimum absolute atomic E-state index is 0.00773. The molecule has 166 valence electrons. The van der Waals surface area contributed by atoms with Crippen LogP contribution in [0.4, 0.5) is 5.69 Å². The van der Waals surface area contributed by atoms with Crippen LogP contribution in [-0.2, 0) is 14.3 Å². The quantitative estimate of drug-likeness (QED) is 0.399. The SMILES string of the molecule is CCOCCOc1ccccc1C(=O)NNC(=O)CCC(=O)Nc1cc(C)ccc1C. The van der Waals surface area contributed by atoms with Crippen molar-refractivity contribution in [1.82, 2.24) is 10.9 Å². The number of amides is 3. The number of hydrogen-bond donors (Lipinski definition) is 3. The van der Waals surface area contributed by atoms with Crippen molar-refractivity contribution in [3.05, 3.63) is 59.2 Å². The second-order valence-corrected chi connectivity index (χ2v) is 6.91. The van der Waals surface area contributed by atoms with E-state index in [1.165, 1.54) is 0 Å². The molecule has 2 aromatic rings. The van der Waals surface area contributed by atoms with Gasteiger partial charge in [-0.2, -0.15) is 0 Å². The molecule has 0 aliphatic rings. The van der Waals surface area contributed by atoms with Gasteiger partial charge in [0.1, 0.15) is 12.4 Å². The second-order valence-electron chi connectivity index (χ2n) is 6.91. The second kappa shape index (κ2) is 12.3. The van der Waals surface area contributed by atoms with Gasteiger partial charge in [-0.25, -0.2) is 0 Å². The first-order valence-electron chi connectivity index (χ1n) is 10.2. The molecule has 0 atom stereocenters. The van der Waals surface area contributed by atoms with E-state index in [0.717, 1.165) is 16.8 Å². The maximum Gasteiger partial charge on any atom is 0.273 e. The van der Waals surface area contributed by atoms with Crippen molar-refractivity contribution in [2.75, 3.05) is 25.1 Å². The van der Waals surface area contributed by atoms with Crippen LogP contribution in [0.5, 0.6) is 5.75 Å². The number of hydrogen-bond acceptors (Lipinski definition) is 5. The van der Waals surface area contributed by atoms with E-state index in [1.807, 2.05) is 39.0 Å². The number of aryl methyl sites for hydroxylation is 2. The Kier molecular flexibility index (Phi) is 9.51. The van der Waals surface area contributed by atoms with Crippen LogP contribution in [0.25, 0.3) is 0 Å². The van der Waals surface area contributed by atoms with Crippen LogP contribution in [0, 0.1) is 13.8 Å². The van der Waals surface area contributed by atoms with Gasteiger partial charge in [0.2, 0.25) is 11.8 Å². The van der Waals surface area contributed by atoms with Gasteiger partial charge in [0.15, 0.2) is 0 Å². The topological polar surface area (TPSA) is 106 Å². The summed E-state index contributed by atoms with van der Waals surface area (Å²) in [5, 5.41) is 2.80. The highest BCUT2D eigenvalue weighted by Gasteiger charge is 2.14. The number of rotatable bonds is 10. The summed E-state index contributed by atoms with van der Waals surface area (Å²) in [6.07, 6.45) is -0.0737. The minimum atomic E-state index is -0.514. The summed E-state index contributed by atoms with van der Waals surface area (Å²) in [6, 6.07) is 12.5. The van der Waals surface area contributed by atoms with Gasteiger partial charge in [-0.05, 0) is 50.1 Å². The molecule has 0 saturated carbocycles. The van der Waals surface area contributed by atoms with Gasteiger partial charge in [0, 0.05) is 25.1 Å². The average Bonchev–Trinajstić information content (AvgIpc) is 2.76. The van der Waals surface area contributed by atoms with Crippen molar-refractivity contribution < 1.29 is 23.9 Å². The largest absolute Gasteiger partial charge is 0.490 e. The van der Waals surface area contributed by atoms with Crippen LogP contribution in [0.15, 0.2) is 42.5 Å². The number of carbonyl (C=O) groups excluding carboxylic acids is 3. The third kappa shape index (κ3) is 8.10. The Labute approximate surface area is 182 Å². The van der Waals surface area contributed by atoms with Gasteiger partial charge in [-0.3, -0.25) is 25.2 Å². The number of ether oxygens (including phenoxy) is 2. The molecule has 3 N–H and O–H groups in total. The van der Waals surface area contributed by atoms with Crippen molar-refractivity contribution in [2.24, 2.45) is 0 Å². The summed E-state index contributed by atoms with van der Waals surface area (Å²) >= 11 is 0. The standard InChI is InChI=1S/C23H29N3O5/c1-4-30-13-14-31-20-8-6-5-7-18(20)23(29)26-25-22(28)12-11-21(27)24-19-15-16(2)9-10-17(19)3/h5-10,15H,4,11-14H2,1-3H3,(H,24,27)(H,25,28)(H,26,29). The molecule has 0 bridgehead atoms. The molecular weight excluding hydrogens is 398 g/mol. The summed E-state index contributed by atoms with van der Waals surface area (Å²) in [7, 11) is 0. The Hall–Kier alpha value is -3.39. The maximum atomic E-state index is 12.4. The van der Waals surface area contributed by atoms with Crippen molar-refractivity contribution in [1.29, 1.82) is 0 Å². The predicted octanol–water partition coefficient (Wildman–Crippen LogP) is 2.90. The molecule has 8 heteroatoms. The summed E-state index contributed by atoms with van der Waals surface area (Å²) < 4.78 is 10.8. The van der Waals surface area contributed by atoms with E-state index in [9.17, 15) is 14.4 Å². The van der Waals surface area contributed by atoms with Crippen LogP contribution in [0.1, 0.15) is 41.3 Å². The summed E-state index contributed by atoms with van der Waals surface area (Å²) in [5.74, 6) is -0.871. The molecule has 2 aromatic carbocycles. The lowest BCUT2D eigenvalue weighted by Gasteiger charge is -2.12. The molecule has 31 heavy (non-hydrogen) atoms. The van der Waals surface area contributed by atoms with Gasteiger partial charge in [0.25, 0.3) is 5.91 Å². The molecule has 0 aliphatic heterocycles. The minimum Gasteiger partial charge on any atom is -0.490 e. The molecule has 0 fully saturated rings. The Morgan fingerprint density at radius 2 is 1.65 bits per heavy atom. The molecule has 0 spiro atoms. The zero-order valence-electron chi connectivity index (χ0n) is 18.1. The number of carbonyl (C=O) groups is 3. The monoisotopic (exact) mass is 427 g/mol. The normalized spacial score (nSPS) is 10.3. The van der Waals surface area contributed by atoms with Gasteiger partial charge in [-0.1, -0.05) is 24.3 Å². The molecular formula is C23H29N3O5. The highest BCUT2D eigenvalue weighted by atomic mass is 16.5. The van der Waals surface area contributed by atoms with Crippen LogP contribution in [0.2, 0.25) is 0 Å². The van der Waals surface area contributed by atoms with E-state index in [4.69, 9.17) is 9.47 Å². The number of nitrogens with one attached hydrogen (secondary N) is 3. The number of para-hydroxylation sites is 1. The number of anilines is 1. The van der Waals surface area contributed by atoms with Gasteiger partial charge < -0.3 is 14.8 Å². The van der Waals surface area contributed by atoms with Crippen molar-refractivity contribution >= 4 is 23.4 Å². The first kappa shape index (κ1) is 23.9. The Morgan fingerprint density at radius 1 is 0.903 bits per heavy atom. The third-order valence-corrected chi connectivity index (χ3v) is 4.38. The summed E-state index contributed by atoms with van der Waals surface area (Å²) in [4.78, 5) is 36.5. The molecule has 0 heterocycles. The molecule has 0 aromatic heterocycles. The van der Waals surface area contributed by atoms with E-state index in [0.29, 0.717) is 25.6 Å². The molecule has 2 rings (SSSR count). The van der Waals surface area contributed by atoms with E-state index in [-0.39, 0.29) is 24.3 Å². The van der Waals surface area contributed by atoms with Crippen molar-refractivity contribution in [3.8, 4) is 5.75 Å². The lowest BCUT2D eigenvalue weighted by atomic mass is 10.1. The van der Waals surface area contributed by atoms with Crippen LogP contribution in [0.3, 0.4) is 0 Å². The predicted molar refractivity (Wildman–Crippen MR) is 118 cm³/mol. The zero-order chi connectivity index (χ0) is 22.6. The lowest BCUT2D eigenvalue weighted by Crippen LogP contribution is -2.42. The van der Waals surface area contributed by atoms with Crippen LogP contribution < -0.4 is 20.9 Å². The number of hydrazine groups is 1. The fourth-order valence-corrected chi connectivity index (χ4v) is 2.70. The Balaban J connectivity index is 1.79. The Morgan fingerprint density at radius 3 is 2.42 bits per heavy atom. The highest BCUT2D eigenvalue weighted by molar-refractivity contribution is 5.98. The Bertz CT molecular complexity index is 914. The van der Waals surface area contributed by atoms with Gasteiger partial charge in [-0.15, -0.1) is 0 Å². The van der Waals surface area contributed by atoms with Crippen LogP contribution in [-0.4, -0.2) is 37.5 Å². The lowest BCUT2D eigenvalue weighted by molar-refractivity contribution is -0.124. The molecule has 0 aliphatic carbocycles.